The van der Waals surface area contributed by atoms with Crippen LogP contribution in [0.1, 0.15) is 67.7 Å². The summed E-state index contributed by atoms with van der Waals surface area (Å²) in [6.07, 6.45) is 2.96. The van der Waals surface area contributed by atoms with Gasteiger partial charge in [-0.2, -0.15) is 0 Å². The summed E-state index contributed by atoms with van der Waals surface area (Å²) in [5.41, 5.74) is -0.958. The third kappa shape index (κ3) is 4.89. The zero-order chi connectivity index (χ0) is 14.4. The highest BCUT2D eigenvalue weighted by Crippen LogP contribution is 2.57. The Kier molecular flexibility index (Phi) is 4.25. The molecule has 108 valence electrons. The van der Waals surface area contributed by atoms with Crippen molar-refractivity contribution in [3.8, 4) is 0 Å². The lowest BCUT2D eigenvalue weighted by Crippen LogP contribution is -2.31. The zero-order valence-corrected chi connectivity index (χ0v) is 13.2. The monoisotopic (exact) mass is 256 g/mol. The summed E-state index contributed by atoms with van der Waals surface area (Å²) in [6.45, 7) is 14.4. The van der Waals surface area contributed by atoms with Gasteiger partial charge in [0.1, 0.15) is 0 Å². The number of hydrogen-bond donors (Lipinski definition) is 2. The molecule has 0 aromatic carbocycles. The van der Waals surface area contributed by atoms with Crippen molar-refractivity contribution >= 4 is 0 Å². The predicted molar refractivity (Wildman–Crippen MR) is 76.4 cm³/mol. The van der Waals surface area contributed by atoms with Crippen molar-refractivity contribution in [3.63, 3.8) is 0 Å². The van der Waals surface area contributed by atoms with Gasteiger partial charge in [-0.25, -0.2) is 0 Å². The molecule has 3 unspecified atom stereocenters. The molecular weight excluding hydrogens is 224 g/mol. The smallest absolute Gasteiger partial charge is 0.0597 e. The molecule has 0 bridgehead atoms. The van der Waals surface area contributed by atoms with E-state index in [-0.39, 0.29) is 5.41 Å². The molecule has 1 aliphatic rings. The zero-order valence-electron chi connectivity index (χ0n) is 13.2. The van der Waals surface area contributed by atoms with E-state index in [1.165, 1.54) is 6.42 Å². The summed E-state index contributed by atoms with van der Waals surface area (Å²) in [5, 5.41) is 19.9. The van der Waals surface area contributed by atoms with Crippen molar-refractivity contribution < 1.29 is 10.2 Å². The molecule has 0 aliphatic heterocycles. The van der Waals surface area contributed by atoms with Gasteiger partial charge in [-0.3, -0.25) is 0 Å². The van der Waals surface area contributed by atoms with Crippen LogP contribution in [0.15, 0.2) is 0 Å². The number of hydrogen-bond acceptors (Lipinski definition) is 2. The lowest BCUT2D eigenvalue weighted by molar-refractivity contribution is 0.0186. The highest BCUT2D eigenvalue weighted by molar-refractivity contribution is 5.00. The van der Waals surface area contributed by atoms with Gasteiger partial charge < -0.3 is 10.2 Å². The topological polar surface area (TPSA) is 40.5 Å². The Balaban J connectivity index is 2.53. The minimum atomic E-state index is -0.587. The van der Waals surface area contributed by atoms with E-state index in [2.05, 4.69) is 20.8 Å². The maximum absolute atomic E-state index is 10.0. The fourth-order valence-electron chi connectivity index (χ4n) is 3.93. The predicted octanol–water partition coefficient (Wildman–Crippen LogP) is 3.61. The van der Waals surface area contributed by atoms with Crippen LogP contribution in [0.5, 0.6) is 0 Å². The SMILES string of the molecule is CC(CC(C)(C)O)C1CC1C(C)(C)CC(C)(C)O. The second-order valence-electron chi connectivity index (χ2n) is 8.48. The van der Waals surface area contributed by atoms with Gasteiger partial charge in [-0.05, 0) is 70.1 Å². The fourth-order valence-corrected chi connectivity index (χ4v) is 3.93. The Morgan fingerprint density at radius 2 is 1.50 bits per heavy atom. The Labute approximate surface area is 113 Å². The maximum atomic E-state index is 10.0. The molecule has 1 fully saturated rings. The number of aliphatic hydroxyl groups is 2. The normalized spacial score (nSPS) is 27.2. The van der Waals surface area contributed by atoms with Gasteiger partial charge in [-0.1, -0.05) is 20.8 Å². The van der Waals surface area contributed by atoms with Gasteiger partial charge in [-0.15, -0.1) is 0 Å². The van der Waals surface area contributed by atoms with E-state index in [0.717, 1.165) is 12.8 Å². The molecule has 18 heavy (non-hydrogen) atoms. The second-order valence-corrected chi connectivity index (χ2v) is 8.48. The van der Waals surface area contributed by atoms with Crippen LogP contribution in [-0.4, -0.2) is 21.4 Å². The molecule has 1 aliphatic carbocycles. The van der Waals surface area contributed by atoms with E-state index in [1.54, 1.807) is 0 Å². The molecule has 0 aromatic rings. The molecule has 2 heteroatoms. The van der Waals surface area contributed by atoms with Crippen molar-refractivity contribution in [2.24, 2.45) is 23.2 Å². The van der Waals surface area contributed by atoms with E-state index in [1.807, 2.05) is 27.7 Å². The van der Waals surface area contributed by atoms with Crippen molar-refractivity contribution in [1.29, 1.82) is 0 Å². The summed E-state index contributed by atoms with van der Waals surface area (Å²) < 4.78 is 0. The first-order chi connectivity index (χ1) is 7.82. The van der Waals surface area contributed by atoms with Gasteiger partial charge >= 0.3 is 0 Å². The third-order valence-corrected chi connectivity index (χ3v) is 4.28. The summed E-state index contributed by atoms with van der Waals surface area (Å²) in [5.74, 6) is 1.98. The van der Waals surface area contributed by atoms with E-state index in [9.17, 15) is 10.2 Å². The molecule has 0 radical (unpaired) electrons. The molecule has 0 spiro atoms. The molecule has 3 atom stereocenters. The fraction of sp³-hybridized carbons (Fsp3) is 1.00. The molecule has 0 saturated heterocycles. The van der Waals surface area contributed by atoms with E-state index >= 15 is 0 Å². The van der Waals surface area contributed by atoms with Crippen molar-refractivity contribution in [2.75, 3.05) is 0 Å². The van der Waals surface area contributed by atoms with Crippen LogP contribution in [0.3, 0.4) is 0 Å². The lowest BCUT2D eigenvalue weighted by atomic mass is 9.75. The van der Waals surface area contributed by atoms with Crippen molar-refractivity contribution in [1.82, 2.24) is 0 Å². The van der Waals surface area contributed by atoms with Crippen LogP contribution < -0.4 is 0 Å². The highest BCUT2D eigenvalue weighted by Gasteiger charge is 2.51. The molecule has 0 aromatic heterocycles. The molecular formula is C16H32O2. The van der Waals surface area contributed by atoms with Gasteiger partial charge in [0.25, 0.3) is 0 Å². The average Bonchev–Trinajstić information content (AvgIpc) is 2.72. The van der Waals surface area contributed by atoms with Crippen molar-refractivity contribution in [2.45, 2.75) is 78.9 Å². The van der Waals surface area contributed by atoms with E-state index in [4.69, 9.17) is 0 Å². The second kappa shape index (κ2) is 4.79. The quantitative estimate of drug-likeness (QED) is 0.762. The first kappa shape index (κ1) is 16.0. The van der Waals surface area contributed by atoms with Crippen LogP contribution in [0.25, 0.3) is 0 Å². The molecule has 0 heterocycles. The average molecular weight is 256 g/mol. The summed E-state index contributed by atoms with van der Waals surface area (Å²) in [6, 6.07) is 0. The van der Waals surface area contributed by atoms with Gasteiger partial charge in [0, 0.05) is 0 Å². The van der Waals surface area contributed by atoms with Crippen LogP contribution in [0.4, 0.5) is 0 Å². The Hall–Kier alpha value is -0.0800. The minimum Gasteiger partial charge on any atom is -0.390 e. The lowest BCUT2D eigenvalue weighted by Gasteiger charge is -2.33. The van der Waals surface area contributed by atoms with Crippen LogP contribution in [-0.2, 0) is 0 Å². The van der Waals surface area contributed by atoms with E-state index in [0.29, 0.717) is 17.8 Å². The van der Waals surface area contributed by atoms with Crippen molar-refractivity contribution in [3.05, 3.63) is 0 Å². The summed E-state index contributed by atoms with van der Waals surface area (Å²) >= 11 is 0. The molecule has 2 N–H and O–H groups in total. The Morgan fingerprint density at radius 3 is 1.89 bits per heavy atom. The van der Waals surface area contributed by atoms with E-state index < -0.39 is 11.2 Å². The molecule has 1 saturated carbocycles. The van der Waals surface area contributed by atoms with Gasteiger partial charge in [0.15, 0.2) is 0 Å². The van der Waals surface area contributed by atoms with Crippen LogP contribution >= 0.6 is 0 Å². The molecule has 1 rings (SSSR count). The standard InChI is InChI=1S/C16H32O2/c1-11(9-15(4,5)17)12-8-13(12)14(2,3)10-16(6,7)18/h11-13,17-18H,8-10H2,1-7H3. The first-order valence-corrected chi connectivity index (χ1v) is 7.27. The third-order valence-electron chi connectivity index (χ3n) is 4.28. The largest absolute Gasteiger partial charge is 0.390 e. The van der Waals surface area contributed by atoms with Gasteiger partial charge in [0.05, 0.1) is 11.2 Å². The van der Waals surface area contributed by atoms with Crippen LogP contribution in [0, 0.1) is 23.2 Å². The number of rotatable bonds is 6. The maximum Gasteiger partial charge on any atom is 0.0597 e. The molecule has 2 nitrogen and oxygen atoms in total. The van der Waals surface area contributed by atoms with Crippen LogP contribution in [0.2, 0.25) is 0 Å². The Morgan fingerprint density at radius 1 is 1.00 bits per heavy atom. The van der Waals surface area contributed by atoms with Gasteiger partial charge in [0.2, 0.25) is 0 Å². The summed E-state index contributed by atoms with van der Waals surface area (Å²) in [7, 11) is 0. The summed E-state index contributed by atoms with van der Waals surface area (Å²) in [4.78, 5) is 0. The Bertz CT molecular complexity index is 280. The minimum absolute atomic E-state index is 0.191. The highest BCUT2D eigenvalue weighted by atomic mass is 16.3. The first-order valence-electron chi connectivity index (χ1n) is 7.27. The molecule has 0 amide bonds.